The molecule has 1 aliphatic heterocycles. The Morgan fingerprint density at radius 1 is 1.39 bits per heavy atom. The second kappa shape index (κ2) is 5.85. The maximum atomic E-state index is 12.3. The van der Waals surface area contributed by atoms with Crippen LogP contribution in [0.2, 0.25) is 5.02 Å². The number of carbonyl (C=O) groups excluding carboxylic acids is 1. The molecule has 18 heavy (non-hydrogen) atoms. The van der Waals surface area contributed by atoms with E-state index in [0.717, 1.165) is 6.54 Å². The topological polar surface area (TPSA) is 20.3 Å². The lowest BCUT2D eigenvalue weighted by Gasteiger charge is -2.37. The zero-order chi connectivity index (χ0) is 13.1. The first kappa shape index (κ1) is 13.6. The number of hydrogen-bond donors (Lipinski definition) is 0. The van der Waals surface area contributed by atoms with Gasteiger partial charge in [0, 0.05) is 11.6 Å². The quantitative estimate of drug-likeness (QED) is 0.778. The van der Waals surface area contributed by atoms with Gasteiger partial charge >= 0.3 is 0 Å². The Morgan fingerprint density at radius 3 is 2.83 bits per heavy atom. The molecule has 1 aromatic rings. The number of hydrogen-bond acceptors (Lipinski definition) is 2. The number of nitrogens with zero attached hydrogens (tertiary/aromatic N) is 1. The molecule has 0 amide bonds. The van der Waals surface area contributed by atoms with Crippen LogP contribution >= 0.6 is 11.6 Å². The minimum Gasteiger partial charge on any atom is -0.293 e. The van der Waals surface area contributed by atoms with Gasteiger partial charge in [0.25, 0.3) is 0 Å². The minimum atomic E-state index is 0.126. The molecule has 2 rings (SSSR count). The van der Waals surface area contributed by atoms with Crippen LogP contribution in [0, 0.1) is 5.92 Å². The van der Waals surface area contributed by atoms with Gasteiger partial charge in [0.05, 0.1) is 11.6 Å². The van der Waals surface area contributed by atoms with Crippen LogP contribution in [-0.2, 0) is 0 Å². The highest BCUT2D eigenvalue weighted by atomic mass is 35.5. The third-order valence-electron chi connectivity index (χ3n) is 4.03. The highest BCUT2D eigenvalue weighted by Crippen LogP contribution is 2.23. The van der Waals surface area contributed by atoms with Gasteiger partial charge in [-0.3, -0.25) is 9.69 Å². The van der Waals surface area contributed by atoms with E-state index in [4.69, 9.17) is 11.6 Å². The molecule has 0 N–H and O–H groups in total. The fourth-order valence-corrected chi connectivity index (χ4v) is 2.84. The van der Waals surface area contributed by atoms with Crippen LogP contribution in [0.4, 0.5) is 0 Å². The molecule has 1 fully saturated rings. The Balaban J connectivity index is 2.05. The third kappa shape index (κ3) is 2.93. The average Bonchev–Trinajstić information content (AvgIpc) is 2.35. The van der Waals surface area contributed by atoms with E-state index in [1.807, 2.05) is 18.2 Å². The number of piperidine rings is 1. The van der Waals surface area contributed by atoms with Crippen LogP contribution in [0.25, 0.3) is 0 Å². The maximum Gasteiger partial charge on any atom is 0.178 e. The first-order chi connectivity index (χ1) is 8.59. The van der Waals surface area contributed by atoms with E-state index in [0.29, 0.717) is 29.1 Å². The summed E-state index contributed by atoms with van der Waals surface area (Å²) >= 11 is 6.06. The monoisotopic (exact) mass is 265 g/mol. The van der Waals surface area contributed by atoms with E-state index in [9.17, 15) is 4.79 Å². The largest absolute Gasteiger partial charge is 0.293 e. The van der Waals surface area contributed by atoms with Crippen molar-refractivity contribution < 1.29 is 4.79 Å². The second-order valence-corrected chi connectivity index (χ2v) is 5.64. The fraction of sp³-hybridized carbons (Fsp3) is 0.533. The number of rotatable bonds is 3. The van der Waals surface area contributed by atoms with Gasteiger partial charge in [-0.25, -0.2) is 0 Å². The van der Waals surface area contributed by atoms with E-state index >= 15 is 0 Å². The Bertz CT molecular complexity index is 432. The molecular weight excluding hydrogens is 246 g/mol. The molecule has 1 aromatic carbocycles. The van der Waals surface area contributed by atoms with Crippen LogP contribution in [0.5, 0.6) is 0 Å². The molecule has 0 bridgehead atoms. The summed E-state index contributed by atoms with van der Waals surface area (Å²) in [7, 11) is 0. The zero-order valence-corrected chi connectivity index (χ0v) is 11.8. The number of carbonyl (C=O) groups is 1. The molecule has 0 radical (unpaired) electrons. The van der Waals surface area contributed by atoms with Gasteiger partial charge in [-0.2, -0.15) is 0 Å². The van der Waals surface area contributed by atoms with Crippen LogP contribution < -0.4 is 0 Å². The van der Waals surface area contributed by atoms with Gasteiger partial charge in [0.2, 0.25) is 0 Å². The standard InChI is InChI=1S/C15H20ClNO/c1-11-6-5-9-17(12(11)2)10-15(18)13-7-3-4-8-14(13)16/h3-4,7-8,11-12H,5-6,9-10H2,1-2H3. The molecule has 0 aromatic heterocycles. The Kier molecular flexibility index (Phi) is 4.41. The molecule has 3 heteroatoms. The van der Waals surface area contributed by atoms with Gasteiger partial charge in [0.15, 0.2) is 5.78 Å². The Hall–Kier alpha value is -0.860. The second-order valence-electron chi connectivity index (χ2n) is 5.23. The smallest absolute Gasteiger partial charge is 0.178 e. The van der Waals surface area contributed by atoms with Crippen molar-refractivity contribution in [2.75, 3.05) is 13.1 Å². The highest BCUT2D eigenvalue weighted by molar-refractivity contribution is 6.34. The van der Waals surface area contributed by atoms with Gasteiger partial charge in [0.1, 0.15) is 0 Å². The number of benzene rings is 1. The summed E-state index contributed by atoms with van der Waals surface area (Å²) in [5.41, 5.74) is 0.643. The maximum absolute atomic E-state index is 12.3. The predicted molar refractivity (Wildman–Crippen MR) is 75.2 cm³/mol. The molecule has 2 atom stereocenters. The summed E-state index contributed by atoms with van der Waals surface area (Å²) in [6, 6.07) is 7.77. The molecule has 2 unspecified atom stereocenters. The summed E-state index contributed by atoms with van der Waals surface area (Å²) < 4.78 is 0. The van der Waals surface area contributed by atoms with E-state index in [-0.39, 0.29) is 5.78 Å². The van der Waals surface area contributed by atoms with Crippen molar-refractivity contribution in [2.45, 2.75) is 32.7 Å². The van der Waals surface area contributed by atoms with Crippen LogP contribution in [-0.4, -0.2) is 29.8 Å². The summed E-state index contributed by atoms with van der Waals surface area (Å²) in [5.74, 6) is 0.791. The summed E-state index contributed by atoms with van der Waals surface area (Å²) in [5, 5.41) is 0.556. The van der Waals surface area contributed by atoms with Crippen molar-refractivity contribution in [1.82, 2.24) is 4.90 Å². The molecule has 1 aliphatic rings. The fourth-order valence-electron chi connectivity index (χ4n) is 2.60. The minimum absolute atomic E-state index is 0.126. The molecule has 0 saturated carbocycles. The molecule has 98 valence electrons. The number of ketones is 1. The molecule has 0 spiro atoms. The van der Waals surface area contributed by atoms with E-state index < -0.39 is 0 Å². The molecular formula is C15H20ClNO. The van der Waals surface area contributed by atoms with Crippen LogP contribution in [0.3, 0.4) is 0 Å². The van der Waals surface area contributed by atoms with Crippen LogP contribution in [0.15, 0.2) is 24.3 Å². The molecule has 2 nitrogen and oxygen atoms in total. The van der Waals surface area contributed by atoms with Crippen molar-refractivity contribution >= 4 is 17.4 Å². The average molecular weight is 266 g/mol. The van der Waals surface area contributed by atoms with Gasteiger partial charge in [-0.1, -0.05) is 30.7 Å². The van der Waals surface area contributed by atoms with Crippen molar-refractivity contribution in [2.24, 2.45) is 5.92 Å². The Labute approximate surface area is 114 Å². The normalized spacial score (nSPS) is 25.1. The van der Waals surface area contributed by atoms with Crippen molar-refractivity contribution in [3.8, 4) is 0 Å². The van der Waals surface area contributed by atoms with Crippen molar-refractivity contribution in [3.05, 3.63) is 34.9 Å². The molecule has 1 saturated heterocycles. The Morgan fingerprint density at radius 2 is 2.11 bits per heavy atom. The first-order valence-corrected chi connectivity index (χ1v) is 6.99. The van der Waals surface area contributed by atoms with Crippen LogP contribution in [0.1, 0.15) is 37.0 Å². The number of halogens is 1. The summed E-state index contributed by atoms with van der Waals surface area (Å²) in [6.07, 6.45) is 2.44. The van der Waals surface area contributed by atoms with Crippen molar-refractivity contribution in [3.63, 3.8) is 0 Å². The van der Waals surface area contributed by atoms with E-state index in [1.54, 1.807) is 6.07 Å². The highest BCUT2D eigenvalue weighted by Gasteiger charge is 2.26. The zero-order valence-electron chi connectivity index (χ0n) is 11.0. The molecule has 0 aliphatic carbocycles. The lowest BCUT2D eigenvalue weighted by atomic mass is 9.91. The summed E-state index contributed by atoms with van der Waals surface area (Å²) in [4.78, 5) is 14.5. The molecule has 1 heterocycles. The summed E-state index contributed by atoms with van der Waals surface area (Å²) in [6.45, 7) is 5.97. The van der Waals surface area contributed by atoms with Gasteiger partial charge in [-0.15, -0.1) is 0 Å². The van der Waals surface area contributed by atoms with E-state index in [1.165, 1.54) is 12.8 Å². The predicted octanol–water partition coefficient (Wildman–Crippen LogP) is 3.64. The lowest BCUT2D eigenvalue weighted by molar-refractivity contribution is 0.0779. The van der Waals surface area contributed by atoms with Gasteiger partial charge < -0.3 is 0 Å². The van der Waals surface area contributed by atoms with E-state index in [2.05, 4.69) is 18.7 Å². The first-order valence-electron chi connectivity index (χ1n) is 6.61. The number of likely N-dealkylation sites (tertiary alicyclic amines) is 1. The van der Waals surface area contributed by atoms with Crippen molar-refractivity contribution in [1.29, 1.82) is 0 Å². The lowest BCUT2D eigenvalue weighted by Crippen LogP contribution is -2.44. The third-order valence-corrected chi connectivity index (χ3v) is 4.35. The SMILES string of the molecule is CC1CCCN(CC(=O)c2ccccc2Cl)C1C. The number of Topliss-reactive ketones (excluding diaryl/α,β-unsaturated/α-hetero) is 1. The van der Waals surface area contributed by atoms with Gasteiger partial charge in [-0.05, 0) is 44.4 Å².